The average Bonchev–Trinajstić information content (AvgIpc) is 3.30. The zero-order valence-electron chi connectivity index (χ0n) is 14.5. The van der Waals surface area contributed by atoms with Crippen LogP contribution in [0.1, 0.15) is 31.4 Å². The van der Waals surface area contributed by atoms with Crippen LogP contribution >= 0.6 is 11.3 Å². The number of halogens is 3. The lowest BCUT2D eigenvalue weighted by Gasteiger charge is -2.37. The van der Waals surface area contributed by atoms with Crippen molar-refractivity contribution in [2.24, 2.45) is 11.8 Å². The summed E-state index contributed by atoms with van der Waals surface area (Å²) in [4.78, 5) is 18.8. The summed E-state index contributed by atoms with van der Waals surface area (Å²) in [5.74, 6) is -3.11. The Hall–Kier alpha value is -1.35. The van der Waals surface area contributed by atoms with Crippen LogP contribution in [0.25, 0.3) is 0 Å². The number of aryl methyl sites for hydroxylation is 1. The van der Waals surface area contributed by atoms with Crippen LogP contribution in [0.2, 0.25) is 0 Å². The molecular weight excluding hydrogens is 367 g/mol. The highest BCUT2D eigenvalue weighted by atomic mass is 32.1. The number of likely N-dealkylation sites (tertiary alicyclic amines) is 1. The van der Waals surface area contributed by atoms with E-state index in [0.717, 1.165) is 10.8 Å². The normalized spacial score (nSPS) is 32.2. The summed E-state index contributed by atoms with van der Waals surface area (Å²) in [5.41, 5.74) is 0.958. The second-order valence-electron chi connectivity index (χ2n) is 7.42. The predicted molar refractivity (Wildman–Crippen MR) is 91.0 cm³/mol. The third-order valence-corrected chi connectivity index (χ3v) is 6.58. The van der Waals surface area contributed by atoms with Crippen LogP contribution in [0.4, 0.5) is 18.3 Å². The van der Waals surface area contributed by atoms with Crippen LogP contribution in [-0.2, 0) is 9.53 Å². The quantitative estimate of drug-likeness (QED) is 0.863. The molecule has 2 bridgehead atoms. The molecule has 1 aromatic heterocycles. The number of nitrogens with zero attached hydrogens (tertiary/aromatic N) is 2. The molecule has 3 aliphatic heterocycles. The number of anilines is 1. The summed E-state index contributed by atoms with van der Waals surface area (Å²) >= 11 is 1.54. The van der Waals surface area contributed by atoms with E-state index in [0.29, 0.717) is 38.8 Å². The van der Waals surface area contributed by atoms with Crippen LogP contribution < -0.4 is 5.32 Å². The molecule has 4 heterocycles. The number of rotatable bonds is 3. The van der Waals surface area contributed by atoms with Crippen LogP contribution in [0.3, 0.4) is 0 Å². The van der Waals surface area contributed by atoms with Crippen molar-refractivity contribution < 1.29 is 22.7 Å². The minimum Gasteiger partial charge on any atom is -0.373 e. The summed E-state index contributed by atoms with van der Waals surface area (Å²) in [5, 5.41) is 6.17. The number of alkyl halides is 3. The summed E-state index contributed by atoms with van der Waals surface area (Å²) in [7, 11) is 0. The molecule has 5 nitrogen and oxygen atoms in total. The topological polar surface area (TPSA) is 54.5 Å². The molecule has 0 radical (unpaired) electrons. The molecule has 0 spiro atoms. The summed E-state index contributed by atoms with van der Waals surface area (Å²) in [6, 6.07) is 0.194. The van der Waals surface area contributed by atoms with Crippen molar-refractivity contribution in [3.63, 3.8) is 0 Å². The van der Waals surface area contributed by atoms with Gasteiger partial charge in [-0.25, -0.2) is 4.98 Å². The van der Waals surface area contributed by atoms with E-state index in [-0.39, 0.29) is 11.9 Å². The van der Waals surface area contributed by atoms with E-state index in [9.17, 15) is 18.0 Å². The molecule has 0 saturated carbocycles. The van der Waals surface area contributed by atoms with Gasteiger partial charge in [0.15, 0.2) is 5.13 Å². The molecule has 1 amide bonds. The van der Waals surface area contributed by atoms with Crippen LogP contribution in [-0.4, -0.2) is 53.3 Å². The first-order valence-corrected chi connectivity index (χ1v) is 9.90. The third-order valence-electron chi connectivity index (χ3n) is 5.69. The number of fused-ring (bicyclic) bond motifs is 2. The fourth-order valence-corrected chi connectivity index (χ4v) is 5.22. The van der Waals surface area contributed by atoms with E-state index < -0.39 is 30.2 Å². The number of nitrogens with one attached hydrogen (secondary N) is 1. The molecule has 4 rings (SSSR count). The van der Waals surface area contributed by atoms with Gasteiger partial charge in [0.05, 0.1) is 29.7 Å². The number of hydrogen-bond acceptors (Lipinski definition) is 5. The first kappa shape index (κ1) is 18.0. The summed E-state index contributed by atoms with van der Waals surface area (Å²) in [6.45, 7) is 2.87. The van der Waals surface area contributed by atoms with Gasteiger partial charge in [0.2, 0.25) is 5.91 Å². The van der Waals surface area contributed by atoms with Gasteiger partial charge in [0.25, 0.3) is 0 Å². The maximum atomic E-state index is 13.4. The second-order valence-corrected chi connectivity index (χ2v) is 8.28. The van der Waals surface area contributed by atoms with Gasteiger partial charge < -0.3 is 15.0 Å². The smallest absolute Gasteiger partial charge is 0.373 e. The highest BCUT2D eigenvalue weighted by Crippen LogP contribution is 2.51. The van der Waals surface area contributed by atoms with Crippen molar-refractivity contribution in [1.82, 2.24) is 9.88 Å². The number of hydrogen-bond donors (Lipinski definition) is 1. The average molecular weight is 389 g/mol. The van der Waals surface area contributed by atoms with Crippen LogP contribution in [0, 0.1) is 18.8 Å². The van der Waals surface area contributed by atoms with Gasteiger partial charge in [0.1, 0.15) is 0 Å². The Kier molecular flexibility index (Phi) is 4.63. The Balaban J connectivity index is 1.37. The standard InChI is InChI=1S/C17H22F3N3O2S/c1-9-8-26-16(21-9)22-10-4-6-23(7-5-10)15(24)13-11-2-3-12(25-11)14(13)17(18,19)20/h8,10-14H,2-7H2,1H3,(H,21,22). The molecule has 4 unspecified atom stereocenters. The predicted octanol–water partition coefficient (Wildman–Crippen LogP) is 3.21. The Morgan fingerprint density at radius 3 is 2.58 bits per heavy atom. The van der Waals surface area contributed by atoms with Crippen LogP contribution in [0.15, 0.2) is 5.38 Å². The Morgan fingerprint density at radius 1 is 1.27 bits per heavy atom. The Morgan fingerprint density at radius 2 is 1.96 bits per heavy atom. The molecule has 1 N–H and O–H groups in total. The zero-order chi connectivity index (χ0) is 18.5. The monoisotopic (exact) mass is 389 g/mol. The maximum absolute atomic E-state index is 13.4. The van der Waals surface area contributed by atoms with E-state index in [4.69, 9.17) is 4.74 Å². The molecule has 3 aliphatic rings. The first-order chi connectivity index (χ1) is 12.3. The largest absolute Gasteiger partial charge is 0.395 e. The Bertz CT molecular complexity index is 672. The molecule has 4 atom stereocenters. The molecule has 3 fully saturated rings. The number of ether oxygens (including phenoxy) is 1. The van der Waals surface area contributed by atoms with Gasteiger partial charge in [-0.1, -0.05) is 0 Å². The van der Waals surface area contributed by atoms with Gasteiger partial charge in [-0.15, -0.1) is 11.3 Å². The minimum absolute atomic E-state index is 0.194. The van der Waals surface area contributed by atoms with E-state index in [1.807, 2.05) is 12.3 Å². The molecular formula is C17H22F3N3O2S. The number of aromatic nitrogens is 1. The molecule has 0 aromatic carbocycles. The zero-order valence-corrected chi connectivity index (χ0v) is 15.3. The summed E-state index contributed by atoms with van der Waals surface area (Å²) < 4.78 is 45.8. The van der Waals surface area contributed by atoms with E-state index >= 15 is 0 Å². The molecule has 144 valence electrons. The second kappa shape index (κ2) is 6.67. The molecule has 26 heavy (non-hydrogen) atoms. The lowest BCUT2D eigenvalue weighted by Crippen LogP contribution is -2.51. The van der Waals surface area contributed by atoms with Gasteiger partial charge in [0, 0.05) is 24.5 Å². The van der Waals surface area contributed by atoms with Crippen molar-refractivity contribution in [2.75, 3.05) is 18.4 Å². The van der Waals surface area contributed by atoms with E-state index in [2.05, 4.69) is 10.3 Å². The third kappa shape index (κ3) is 3.31. The first-order valence-electron chi connectivity index (χ1n) is 9.02. The highest BCUT2D eigenvalue weighted by Gasteiger charge is 2.63. The van der Waals surface area contributed by atoms with Gasteiger partial charge in [-0.05, 0) is 32.6 Å². The minimum atomic E-state index is -4.39. The van der Waals surface area contributed by atoms with E-state index in [1.54, 1.807) is 4.90 Å². The van der Waals surface area contributed by atoms with Gasteiger partial charge in [-0.3, -0.25) is 4.79 Å². The summed E-state index contributed by atoms with van der Waals surface area (Å²) in [6.07, 6.45) is -3.43. The van der Waals surface area contributed by atoms with E-state index in [1.165, 1.54) is 11.3 Å². The van der Waals surface area contributed by atoms with Gasteiger partial charge in [-0.2, -0.15) is 13.2 Å². The molecule has 0 aliphatic carbocycles. The van der Waals surface area contributed by atoms with Crippen molar-refractivity contribution in [2.45, 2.75) is 57.0 Å². The van der Waals surface area contributed by atoms with Gasteiger partial charge >= 0.3 is 6.18 Å². The molecule has 9 heteroatoms. The van der Waals surface area contributed by atoms with Crippen molar-refractivity contribution in [3.05, 3.63) is 11.1 Å². The van der Waals surface area contributed by atoms with Crippen LogP contribution in [0.5, 0.6) is 0 Å². The fourth-order valence-electron chi connectivity index (χ4n) is 4.46. The van der Waals surface area contributed by atoms with Crippen molar-refractivity contribution in [3.8, 4) is 0 Å². The number of piperidine rings is 1. The molecule has 1 aromatic rings. The number of carbonyl (C=O) groups is 1. The number of amides is 1. The van der Waals surface area contributed by atoms with Crippen molar-refractivity contribution >= 4 is 22.4 Å². The SMILES string of the molecule is Cc1csc(NC2CCN(C(=O)C3C4CCC(O4)C3C(F)(F)F)CC2)n1. The molecule has 3 saturated heterocycles. The van der Waals surface area contributed by atoms with Crippen molar-refractivity contribution in [1.29, 1.82) is 0 Å². The number of carbonyl (C=O) groups excluding carboxylic acids is 1. The number of thiazole rings is 1. The highest BCUT2D eigenvalue weighted by molar-refractivity contribution is 7.13. The fraction of sp³-hybridized carbons (Fsp3) is 0.765. The Labute approximate surface area is 153 Å². The lowest BCUT2D eigenvalue weighted by molar-refractivity contribution is -0.199. The maximum Gasteiger partial charge on any atom is 0.395 e. The lowest BCUT2D eigenvalue weighted by atomic mass is 9.77.